The van der Waals surface area contributed by atoms with Gasteiger partial charge in [0.15, 0.2) is 0 Å². The highest BCUT2D eigenvalue weighted by Crippen LogP contribution is 2.36. The van der Waals surface area contributed by atoms with Crippen molar-refractivity contribution < 1.29 is 5.11 Å². The zero-order chi connectivity index (χ0) is 26.6. The van der Waals surface area contributed by atoms with Crippen LogP contribution in [-0.4, -0.2) is 5.11 Å². The molecule has 0 aliphatic heterocycles. The molecule has 0 unspecified atom stereocenters. The van der Waals surface area contributed by atoms with Crippen LogP contribution < -0.4 is 4.90 Å². The lowest BCUT2D eigenvalue weighted by molar-refractivity contribution is 0.465. The van der Waals surface area contributed by atoms with Gasteiger partial charge in [-0.25, -0.2) is 0 Å². The maximum atomic E-state index is 10.9. The fraction of sp³-hybridized carbons (Fsp3) is 0.167. The average Bonchev–Trinajstić information content (AvgIpc) is 2.95. The minimum Gasteiger partial charge on any atom is -0.507 e. The molecule has 0 fully saturated rings. The Morgan fingerprint density at radius 2 is 1.16 bits per heavy atom. The van der Waals surface area contributed by atoms with Gasteiger partial charge in [-0.1, -0.05) is 67.6 Å². The third-order valence-corrected chi connectivity index (χ3v) is 7.43. The highest BCUT2D eigenvalue weighted by molar-refractivity contribution is 5.77. The molecule has 2 heteroatoms. The Kier molecular flexibility index (Phi) is 7.33. The van der Waals surface area contributed by atoms with Gasteiger partial charge in [-0.05, 0) is 120 Å². The van der Waals surface area contributed by atoms with Gasteiger partial charge in [0.2, 0.25) is 0 Å². The second kappa shape index (κ2) is 11.0. The number of hydrogen-bond acceptors (Lipinski definition) is 2. The van der Waals surface area contributed by atoms with Crippen molar-refractivity contribution in [1.29, 1.82) is 0 Å². The lowest BCUT2D eigenvalue weighted by Crippen LogP contribution is -2.10. The van der Waals surface area contributed by atoms with E-state index in [2.05, 4.69) is 117 Å². The Hall–Kier alpha value is -4.30. The quantitative estimate of drug-likeness (QED) is 0.242. The van der Waals surface area contributed by atoms with E-state index in [0.29, 0.717) is 12.2 Å². The van der Waals surface area contributed by atoms with Gasteiger partial charge >= 0.3 is 0 Å². The Morgan fingerprint density at radius 1 is 0.553 bits per heavy atom. The molecule has 0 atom stereocenters. The number of nitrogens with zero attached hydrogens (tertiary/aromatic N) is 1. The van der Waals surface area contributed by atoms with E-state index in [1.807, 2.05) is 25.1 Å². The number of phenolic OH excluding ortho intramolecular Hbond substituents is 1. The molecule has 0 aliphatic rings. The van der Waals surface area contributed by atoms with E-state index in [4.69, 9.17) is 0 Å². The zero-order valence-electron chi connectivity index (χ0n) is 22.7. The standard InChI is InChI=1S/C36H35NO/c1-5-28-12-17-33(18-13-28)37(35-16-11-25(2)26(3)22-35)34-19-14-29(15-20-34)23-32-24-31(21-27(4)36(32)38)30-9-7-6-8-10-30/h6-22,24,38H,5,23H2,1-4H3. The van der Waals surface area contributed by atoms with Crippen LogP contribution in [0.4, 0.5) is 17.1 Å². The normalized spacial score (nSPS) is 10.9. The summed E-state index contributed by atoms with van der Waals surface area (Å²) in [4.78, 5) is 2.31. The van der Waals surface area contributed by atoms with Crippen LogP contribution in [0, 0.1) is 20.8 Å². The summed E-state index contributed by atoms with van der Waals surface area (Å²) < 4.78 is 0. The van der Waals surface area contributed by atoms with Crippen LogP contribution in [0.5, 0.6) is 5.75 Å². The van der Waals surface area contributed by atoms with E-state index in [-0.39, 0.29) is 0 Å². The second-order valence-electron chi connectivity index (χ2n) is 10.1. The topological polar surface area (TPSA) is 23.5 Å². The number of aromatic hydroxyl groups is 1. The summed E-state index contributed by atoms with van der Waals surface area (Å²) in [6, 6.07) is 38.7. The maximum absolute atomic E-state index is 10.9. The molecule has 0 radical (unpaired) electrons. The Labute approximate surface area is 226 Å². The highest BCUT2D eigenvalue weighted by atomic mass is 16.3. The zero-order valence-corrected chi connectivity index (χ0v) is 22.7. The monoisotopic (exact) mass is 497 g/mol. The highest BCUT2D eigenvalue weighted by Gasteiger charge is 2.14. The summed E-state index contributed by atoms with van der Waals surface area (Å²) >= 11 is 0. The van der Waals surface area contributed by atoms with Crippen LogP contribution in [0.25, 0.3) is 11.1 Å². The predicted molar refractivity (Wildman–Crippen MR) is 161 cm³/mol. The lowest BCUT2D eigenvalue weighted by atomic mass is 9.95. The molecule has 5 aromatic rings. The third kappa shape index (κ3) is 5.35. The minimum atomic E-state index is 0.376. The van der Waals surface area contributed by atoms with E-state index >= 15 is 0 Å². The van der Waals surface area contributed by atoms with Gasteiger partial charge in [0.25, 0.3) is 0 Å². The average molecular weight is 498 g/mol. The number of hydrogen-bond donors (Lipinski definition) is 1. The molecule has 2 nitrogen and oxygen atoms in total. The van der Waals surface area contributed by atoms with Crippen molar-refractivity contribution in [2.45, 2.75) is 40.5 Å². The Morgan fingerprint density at radius 3 is 1.76 bits per heavy atom. The first-order valence-corrected chi connectivity index (χ1v) is 13.4. The van der Waals surface area contributed by atoms with Crippen LogP contribution in [0.1, 0.15) is 40.3 Å². The third-order valence-electron chi connectivity index (χ3n) is 7.43. The van der Waals surface area contributed by atoms with Crippen molar-refractivity contribution >= 4 is 17.1 Å². The van der Waals surface area contributed by atoms with Crippen molar-refractivity contribution in [2.75, 3.05) is 4.90 Å². The SMILES string of the molecule is CCc1ccc(N(c2ccc(Cc3cc(-c4ccccc4)cc(C)c3O)cc2)c2ccc(C)c(C)c2)cc1. The van der Waals surface area contributed by atoms with Gasteiger partial charge in [0.05, 0.1) is 0 Å². The first-order chi connectivity index (χ1) is 18.4. The molecule has 38 heavy (non-hydrogen) atoms. The summed E-state index contributed by atoms with van der Waals surface area (Å²) in [5, 5.41) is 10.9. The molecule has 0 heterocycles. The summed E-state index contributed by atoms with van der Waals surface area (Å²) in [7, 11) is 0. The maximum Gasteiger partial charge on any atom is 0.122 e. The van der Waals surface area contributed by atoms with Gasteiger partial charge in [0.1, 0.15) is 5.75 Å². The molecular weight excluding hydrogens is 462 g/mol. The van der Waals surface area contributed by atoms with E-state index in [9.17, 15) is 5.11 Å². The number of benzene rings is 5. The largest absolute Gasteiger partial charge is 0.507 e. The van der Waals surface area contributed by atoms with Crippen molar-refractivity contribution in [1.82, 2.24) is 0 Å². The van der Waals surface area contributed by atoms with Crippen LogP contribution in [0.2, 0.25) is 0 Å². The molecule has 0 amide bonds. The van der Waals surface area contributed by atoms with E-state index in [1.165, 1.54) is 16.7 Å². The van der Waals surface area contributed by atoms with Gasteiger partial charge in [-0.3, -0.25) is 0 Å². The molecule has 5 rings (SSSR count). The summed E-state index contributed by atoms with van der Waals surface area (Å²) in [6.45, 7) is 8.47. The number of rotatable bonds is 7. The van der Waals surface area contributed by atoms with Crippen LogP contribution in [0.15, 0.2) is 109 Å². The Balaban J connectivity index is 1.48. The van der Waals surface area contributed by atoms with Gasteiger partial charge in [-0.15, -0.1) is 0 Å². The summed E-state index contributed by atoms with van der Waals surface area (Å²) in [6.07, 6.45) is 1.69. The van der Waals surface area contributed by atoms with Crippen LogP contribution >= 0.6 is 0 Å². The molecule has 0 saturated carbocycles. The first-order valence-electron chi connectivity index (χ1n) is 13.4. The number of anilines is 3. The number of aryl methyl sites for hydroxylation is 4. The first kappa shape index (κ1) is 25.4. The summed E-state index contributed by atoms with van der Waals surface area (Å²) in [5.41, 5.74) is 12.6. The fourth-order valence-electron chi connectivity index (χ4n) is 4.96. The fourth-order valence-corrected chi connectivity index (χ4v) is 4.96. The molecule has 1 N–H and O–H groups in total. The van der Waals surface area contributed by atoms with Crippen LogP contribution in [-0.2, 0) is 12.8 Å². The van der Waals surface area contributed by atoms with Crippen molar-refractivity contribution in [3.05, 3.63) is 143 Å². The number of phenols is 1. The van der Waals surface area contributed by atoms with Crippen molar-refractivity contribution in [3.8, 4) is 16.9 Å². The molecule has 190 valence electrons. The molecule has 5 aromatic carbocycles. The predicted octanol–water partition coefficient (Wildman–Crippen LogP) is 9.61. The van der Waals surface area contributed by atoms with E-state index in [1.54, 1.807) is 0 Å². The van der Waals surface area contributed by atoms with E-state index in [0.717, 1.165) is 51.3 Å². The Bertz CT molecular complexity index is 1530. The molecular formula is C36H35NO. The summed E-state index contributed by atoms with van der Waals surface area (Å²) in [5.74, 6) is 0.376. The van der Waals surface area contributed by atoms with Gasteiger partial charge < -0.3 is 10.0 Å². The molecule has 0 aromatic heterocycles. The van der Waals surface area contributed by atoms with Gasteiger partial charge in [-0.2, -0.15) is 0 Å². The van der Waals surface area contributed by atoms with Crippen molar-refractivity contribution in [3.63, 3.8) is 0 Å². The molecule has 0 saturated heterocycles. The molecule has 0 spiro atoms. The van der Waals surface area contributed by atoms with Gasteiger partial charge in [0, 0.05) is 23.5 Å². The smallest absolute Gasteiger partial charge is 0.122 e. The van der Waals surface area contributed by atoms with Crippen molar-refractivity contribution in [2.24, 2.45) is 0 Å². The van der Waals surface area contributed by atoms with Crippen LogP contribution in [0.3, 0.4) is 0 Å². The lowest BCUT2D eigenvalue weighted by Gasteiger charge is -2.26. The molecule has 0 bridgehead atoms. The van der Waals surface area contributed by atoms with E-state index < -0.39 is 0 Å². The molecule has 0 aliphatic carbocycles. The second-order valence-corrected chi connectivity index (χ2v) is 10.1. The minimum absolute atomic E-state index is 0.376.